The van der Waals surface area contributed by atoms with Gasteiger partial charge in [-0.15, -0.1) is 0 Å². The monoisotopic (exact) mass is 288 g/mol. The zero-order valence-corrected chi connectivity index (χ0v) is 13.3. The molecule has 2 heterocycles. The van der Waals surface area contributed by atoms with Crippen molar-refractivity contribution in [3.05, 3.63) is 30.1 Å². The van der Waals surface area contributed by atoms with E-state index in [-0.39, 0.29) is 5.54 Å². The Bertz CT molecular complexity index is 459. The first kappa shape index (κ1) is 14.9. The molecule has 3 rings (SSSR count). The van der Waals surface area contributed by atoms with E-state index in [4.69, 9.17) is 5.73 Å². The SMILES string of the molecule is CC1CC(CN)(N(C)CCc2ccccn2)CN1C1CC1. The highest BCUT2D eigenvalue weighted by molar-refractivity contribution is 5.08. The molecule has 0 spiro atoms. The van der Waals surface area contributed by atoms with Crippen LogP contribution in [-0.2, 0) is 6.42 Å². The summed E-state index contributed by atoms with van der Waals surface area (Å²) in [5.41, 5.74) is 7.52. The molecule has 2 atom stereocenters. The number of likely N-dealkylation sites (N-methyl/N-ethyl adjacent to an activating group) is 1. The van der Waals surface area contributed by atoms with Crippen LogP contribution in [0.15, 0.2) is 24.4 Å². The van der Waals surface area contributed by atoms with E-state index in [1.807, 2.05) is 12.3 Å². The third-order valence-electron chi connectivity index (χ3n) is 5.35. The molecule has 4 nitrogen and oxygen atoms in total. The third-order valence-corrected chi connectivity index (χ3v) is 5.35. The van der Waals surface area contributed by atoms with E-state index in [0.29, 0.717) is 6.04 Å². The lowest BCUT2D eigenvalue weighted by molar-refractivity contribution is 0.129. The molecule has 1 saturated carbocycles. The fourth-order valence-electron chi connectivity index (χ4n) is 3.77. The average Bonchev–Trinajstić information content (AvgIpc) is 3.29. The van der Waals surface area contributed by atoms with Crippen molar-refractivity contribution in [2.24, 2.45) is 5.73 Å². The molecule has 2 N–H and O–H groups in total. The lowest BCUT2D eigenvalue weighted by Crippen LogP contribution is -2.54. The van der Waals surface area contributed by atoms with Crippen molar-refractivity contribution in [2.45, 2.75) is 50.2 Å². The Morgan fingerprint density at radius 1 is 1.43 bits per heavy atom. The minimum absolute atomic E-state index is 0.150. The normalized spacial score (nSPS) is 30.2. The van der Waals surface area contributed by atoms with Gasteiger partial charge in [-0.1, -0.05) is 6.07 Å². The van der Waals surface area contributed by atoms with Crippen LogP contribution in [0, 0.1) is 0 Å². The Kier molecular flexibility index (Phi) is 4.29. The number of nitrogens with zero attached hydrogens (tertiary/aromatic N) is 3. The summed E-state index contributed by atoms with van der Waals surface area (Å²) in [7, 11) is 2.24. The van der Waals surface area contributed by atoms with Gasteiger partial charge in [-0.05, 0) is 45.4 Å². The van der Waals surface area contributed by atoms with Gasteiger partial charge in [-0.2, -0.15) is 0 Å². The smallest absolute Gasteiger partial charge is 0.0470 e. The molecule has 2 aliphatic rings. The average molecular weight is 288 g/mol. The van der Waals surface area contributed by atoms with E-state index in [0.717, 1.165) is 32.1 Å². The molecule has 0 bridgehead atoms. The van der Waals surface area contributed by atoms with Gasteiger partial charge in [0.2, 0.25) is 0 Å². The molecule has 0 amide bonds. The molecule has 1 aliphatic heterocycles. The highest BCUT2D eigenvalue weighted by atomic mass is 15.3. The quantitative estimate of drug-likeness (QED) is 0.862. The first-order chi connectivity index (χ1) is 10.1. The van der Waals surface area contributed by atoms with Crippen molar-refractivity contribution in [1.82, 2.24) is 14.8 Å². The first-order valence-electron chi connectivity index (χ1n) is 8.21. The van der Waals surface area contributed by atoms with Crippen molar-refractivity contribution < 1.29 is 0 Å². The molecule has 4 heteroatoms. The Labute approximate surface area is 128 Å². The van der Waals surface area contributed by atoms with Gasteiger partial charge in [0.25, 0.3) is 0 Å². The number of hydrogen-bond donors (Lipinski definition) is 1. The molecule has 2 fully saturated rings. The Hall–Kier alpha value is -0.970. The van der Waals surface area contributed by atoms with Gasteiger partial charge < -0.3 is 5.73 Å². The lowest BCUT2D eigenvalue weighted by atomic mass is 9.94. The zero-order chi connectivity index (χ0) is 14.9. The van der Waals surface area contributed by atoms with Crippen molar-refractivity contribution >= 4 is 0 Å². The Morgan fingerprint density at radius 3 is 2.86 bits per heavy atom. The number of nitrogens with two attached hydrogens (primary N) is 1. The maximum Gasteiger partial charge on any atom is 0.0470 e. The maximum atomic E-state index is 6.20. The van der Waals surface area contributed by atoms with Crippen LogP contribution in [0.2, 0.25) is 0 Å². The van der Waals surface area contributed by atoms with Crippen LogP contribution in [0.25, 0.3) is 0 Å². The maximum absolute atomic E-state index is 6.20. The minimum atomic E-state index is 0.150. The largest absolute Gasteiger partial charge is 0.329 e. The van der Waals surface area contributed by atoms with Gasteiger partial charge >= 0.3 is 0 Å². The summed E-state index contributed by atoms with van der Waals surface area (Å²) >= 11 is 0. The molecule has 116 valence electrons. The van der Waals surface area contributed by atoms with Crippen LogP contribution in [-0.4, -0.2) is 59.1 Å². The summed E-state index contributed by atoms with van der Waals surface area (Å²) in [5.74, 6) is 0. The van der Waals surface area contributed by atoms with Gasteiger partial charge in [0.15, 0.2) is 0 Å². The van der Waals surface area contributed by atoms with Crippen LogP contribution in [0.5, 0.6) is 0 Å². The third kappa shape index (κ3) is 3.12. The fraction of sp³-hybridized carbons (Fsp3) is 0.706. The van der Waals surface area contributed by atoms with E-state index in [1.165, 1.54) is 25.0 Å². The standard InChI is InChI=1S/C17H28N4/c1-14-11-17(12-18,13-21(14)16-6-7-16)20(2)10-8-15-5-3-4-9-19-15/h3-5,9,14,16H,6-8,10-13,18H2,1-2H3. The number of aromatic nitrogens is 1. The second kappa shape index (κ2) is 6.03. The molecule has 1 saturated heterocycles. The fourth-order valence-corrected chi connectivity index (χ4v) is 3.77. The number of rotatable bonds is 6. The topological polar surface area (TPSA) is 45.4 Å². The summed E-state index contributed by atoms with van der Waals surface area (Å²) in [5, 5.41) is 0. The van der Waals surface area contributed by atoms with Crippen LogP contribution < -0.4 is 5.73 Å². The van der Waals surface area contributed by atoms with E-state index < -0.39 is 0 Å². The minimum Gasteiger partial charge on any atom is -0.329 e. The van der Waals surface area contributed by atoms with Gasteiger partial charge in [0.1, 0.15) is 0 Å². The van der Waals surface area contributed by atoms with Crippen molar-refractivity contribution in [1.29, 1.82) is 0 Å². The summed E-state index contributed by atoms with van der Waals surface area (Å²) in [6.07, 6.45) is 6.82. The molecule has 0 aromatic carbocycles. The Balaban J connectivity index is 1.62. The molecule has 2 unspecified atom stereocenters. The number of pyridine rings is 1. The van der Waals surface area contributed by atoms with Crippen LogP contribution >= 0.6 is 0 Å². The molecule has 21 heavy (non-hydrogen) atoms. The molecular weight excluding hydrogens is 260 g/mol. The first-order valence-corrected chi connectivity index (χ1v) is 8.21. The van der Waals surface area contributed by atoms with Gasteiger partial charge in [-0.3, -0.25) is 14.8 Å². The second-order valence-corrected chi connectivity index (χ2v) is 6.88. The molecule has 0 radical (unpaired) electrons. The van der Waals surface area contributed by atoms with Crippen molar-refractivity contribution in [3.63, 3.8) is 0 Å². The highest BCUT2D eigenvalue weighted by Crippen LogP contribution is 2.39. The van der Waals surface area contributed by atoms with E-state index >= 15 is 0 Å². The van der Waals surface area contributed by atoms with Crippen LogP contribution in [0.3, 0.4) is 0 Å². The summed E-state index contributed by atoms with van der Waals surface area (Å²) < 4.78 is 0. The summed E-state index contributed by atoms with van der Waals surface area (Å²) in [4.78, 5) is 9.60. The Morgan fingerprint density at radius 2 is 2.24 bits per heavy atom. The number of hydrogen-bond acceptors (Lipinski definition) is 4. The number of likely N-dealkylation sites (tertiary alicyclic amines) is 1. The highest BCUT2D eigenvalue weighted by Gasteiger charge is 2.48. The van der Waals surface area contributed by atoms with Crippen molar-refractivity contribution in [3.8, 4) is 0 Å². The zero-order valence-electron chi connectivity index (χ0n) is 13.3. The van der Waals surface area contributed by atoms with Crippen LogP contribution in [0.4, 0.5) is 0 Å². The molecule has 1 aliphatic carbocycles. The predicted molar refractivity (Wildman–Crippen MR) is 86.2 cm³/mol. The van der Waals surface area contributed by atoms with Crippen LogP contribution in [0.1, 0.15) is 31.9 Å². The second-order valence-electron chi connectivity index (χ2n) is 6.88. The van der Waals surface area contributed by atoms with Gasteiger partial charge in [0, 0.05) is 55.6 Å². The molecule has 1 aromatic rings. The van der Waals surface area contributed by atoms with Gasteiger partial charge in [0.05, 0.1) is 0 Å². The summed E-state index contributed by atoms with van der Waals surface area (Å²) in [6.45, 7) is 5.27. The lowest BCUT2D eigenvalue weighted by Gasteiger charge is -2.38. The van der Waals surface area contributed by atoms with E-state index in [9.17, 15) is 0 Å². The molecular formula is C17H28N4. The van der Waals surface area contributed by atoms with E-state index in [2.05, 4.69) is 40.9 Å². The van der Waals surface area contributed by atoms with Gasteiger partial charge in [-0.25, -0.2) is 0 Å². The summed E-state index contributed by atoms with van der Waals surface area (Å²) in [6, 6.07) is 7.64. The van der Waals surface area contributed by atoms with E-state index in [1.54, 1.807) is 0 Å². The molecule has 1 aromatic heterocycles. The predicted octanol–water partition coefficient (Wildman–Crippen LogP) is 1.51. The van der Waals surface area contributed by atoms with Crippen molar-refractivity contribution in [2.75, 3.05) is 26.7 Å².